The molecule has 0 aliphatic carbocycles. The number of anilines is 1. The largest absolute Gasteiger partial charge is 0.494 e. The molecule has 3 aromatic carbocycles. The second-order valence-electron chi connectivity index (χ2n) is 6.79. The summed E-state index contributed by atoms with van der Waals surface area (Å²) in [5.74, 6) is 1.42. The first kappa shape index (κ1) is 21.2. The summed E-state index contributed by atoms with van der Waals surface area (Å²) in [6, 6.07) is 25.1. The van der Waals surface area contributed by atoms with Crippen LogP contribution in [0.2, 0.25) is 0 Å². The number of thioether (sulfide) groups is 1. The van der Waals surface area contributed by atoms with Crippen molar-refractivity contribution in [3.63, 3.8) is 0 Å². The molecule has 31 heavy (non-hydrogen) atoms. The molecule has 1 saturated heterocycles. The van der Waals surface area contributed by atoms with Gasteiger partial charge in [-0.25, -0.2) is 0 Å². The molecule has 0 N–H and O–H groups in total. The minimum atomic E-state index is -0.122. The summed E-state index contributed by atoms with van der Waals surface area (Å²) in [7, 11) is 0. The summed E-state index contributed by atoms with van der Waals surface area (Å²) in [5.41, 5.74) is 2.77. The van der Waals surface area contributed by atoms with Crippen molar-refractivity contribution in [2.45, 2.75) is 13.5 Å². The first-order valence-corrected chi connectivity index (χ1v) is 11.1. The number of ether oxygens (including phenoxy) is 2. The van der Waals surface area contributed by atoms with E-state index in [1.54, 1.807) is 4.90 Å². The number of hydrogen-bond donors (Lipinski definition) is 0. The van der Waals surface area contributed by atoms with Crippen molar-refractivity contribution in [3.05, 3.63) is 94.9 Å². The van der Waals surface area contributed by atoms with Crippen molar-refractivity contribution in [1.82, 2.24) is 0 Å². The lowest BCUT2D eigenvalue weighted by Gasteiger charge is -2.15. The molecule has 1 aliphatic rings. The van der Waals surface area contributed by atoms with Gasteiger partial charge in [-0.3, -0.25) is 9.69 Å². The van der Waals surface area contributed by atoms with Gasteiger partial charge in [0.05, 0.1) is 17.2 Å². The van der Waals surface area contributed by atoms with Crippen LogP contribution in [0.15, 0.2) is 83.8 Å². The van der Waals surface area contributed by atoms with Crippen molar-refractivity contribution < 1.29 is 14.3 Å². The number of thiocarbonyl (C=S) groups is 1. The van der Waals surface area contributed by atoms with Crippen molar-refractivity contribution in [2.75, 3.05) is 11.5 Å². The molecule has 0 radical (unpaired) electrons. The van der Waals surface area contributed by atoms with E-state index in [4.69, 9.17) is 21.7 Å². The second kappa shape index (κ2) is 9.81. The highest BCUT2D eigenvalue weighted by atomic mass is 32.2. The Morgan fingerprint density at radius 1 is 0.903 bits per heavy atom. The van der Waals surface area contributed by atoms with Crippen LogP contribution < -0.4 is 14.4 Å². The van der Waals surface area contributed by atoms with E-state index in [1.165, 1.54) is 11.8 Å². The van der Waals surface area contributed by atoms with Crippen LogP contribution >= 0.6 is 24.0 Å². The molecule has 0 spiro atoms. The van der Waals surface area contributed by atoms with Crippen LogP contribution in [0.1, 0.15) is 18.1 Å². The van der Waals surface area contributed by atoms with E-state index < -0.39 is 0 Å². The maximum Gasteiger partial charge on any atom is 0.270 e. The number of rotatable bonds is 7. The van der Waals surface area contributed by atoms with Crippen molar-refractivity contribution in [2.24, 2.45) is 0 Å². The Bertz CT molecular complexity index is 1090. The molecule has 4 rings (SSSR count). The Kier molecular flexibility index (Phi) is 6.70. The number of amides is 1. The van der Waals surface area contributed by atoms with Crippen LogP contribution in [0.4, 0.5) is 5.69 Å². The number of benzene rings is 3. The first-order chi connectivity index (χ1) is 15.1. The number of carbonyl (C=O) groups excluding carboxylic acids is 1. The Labute approximate surface area is 191 Å². The van der Waals surface area contributed by atoms with Crippen LogP contribution in [-0.2, 0) is 11.4 Å². The molecule has 1 fully saturated rings. The summed E-state index contributed by atoms with van der Waals surface area (Å²) < 4.78 is 11.8. The van der Waals surface area contributed by atoms with Gasteiger partial charge in [0.2, 0.25) is 0 Å². The lowest BCUT2D eigenvalue weighted by atomic mass is 10.2. The van der Waals surface area contributed by atoms with Gasteiger partial charge in [0.1, 0.15) is 18.1 Å². The molecule has 1 aliphatic heterocycles. The Balaban J connectivity index is 1.43. The molecule has 0 unspecified atom stereocenters. The van der Waals surface area contributed by atoms with Crippen molar-refractivity contribution in [1.29, 1.82) is 0 Å². The Morgan fingerprint density at radius 2 is 1.55 bits per heavy atom. The highest BCUT2D eigenvalue weighted by Crippen LogP contribution is 2.36. The van der Waals surface area contributed by atoms with Crippen LogP contribution in [-0.4, -0.2) is 16.8 Å². The van der Waals surface area contributed by atoms with Crippen LogP contribution in [0, 0.1) is 0 Å². The number of hydrogen-bond acceptors (Lipinski definition) is 5. The lowest BCUT2D eigenvalue weighted by molar-refractivity contribution is -0.113. The van der Waals surface area contributed by atoms with Gasteiger partial charge in [0.15, 0.2) is 4.32 Å². The topological polar surface area (TPSA) is 38.8 Å². The molecule has 0 saturated carbocycles. The van der Waals surface area contributed by atoms with E-state index in [0.29, 0.717) is 22.4 Å². The summed E-state index contributed by atoms with van der Waals surface area (Å²) >= 11 is 6.76. The van der Waals surface area contributed by atoms with Crippen molar-refractivity contribution in [3.8, 4) is 11.5 Å². The highest BCUT2D eigenvalue weighted by molar-refractivity contribution is 8.27. The average Bonchev–Trinajstić information content (AvgIpc) is 3.07. The van der Waals surface area contributed by atoms with Gasteiger partial charge >= 0.3 is 0 Å². The molecule has 0 atom stereocenters. The van der Waals surface area contributed by atoms with Gasteiger partial charge < -0.3 is 9.47 Å². The maximum absolute atomic E-state index is 13.0. The molecule has 3 aromatic rings. The monoisotopic (exact) mass is 447 g/mol. The summed E-state index contributed by atoms with van der Waals surface area (Å²) in [6.07, 6.45) is 1.86. The van der Waals surface area contributed by atoms with Gasteiger partial charge in [-0.1, -0.05) is 66.4 Å². The van der Waals surface area contributed by atoms with Gasteiger partial charge in [-0.05, 0) is 60.5 Å². The molecular formula is C25H21NO3S2. The Morgan fingerprint density at radius 3 is 2.23 bits per heavy atom. The first-order valence-electron chi connectivity index (χ1n) is 9.91. The summed E-state index contributed by atoms with van der Waals surface area (Å²) in [6.45, 7) is 3.04. The standard InChI is InChI=1S/C25H21NO3S2/c1-2-28-21-14-10-20(11-15-21)26-24(27)23(31-25(26)30)16-18-8-12-22(13-9-18)29-17-19-6-4-3-5-7-19/h3-16H,2,17H2,1H3/b23-16-. The van der Waals surface area contributed by atoms with Crippen LogP contribution in [0.25, 0.3) is 6.08 Å². The lowest BCUT2D eigenvalue weighted by Crippen LogP contribution is -2.27. The SMILES string of the molecule is CCOc1ccc(N2C(=O)/C(=C/c3ccc(OCc4ccccc4)cc3)SC2=S)cc1. The van der Waals surface area contributed by atoms with E-state index >= 15 is 0 Å². The van der Waals surface area contributed by atoms with Gasteiger partial charge in [0, 0.05) is 0 Å². The van der Waals surface area contributed by atoms with E-state index in [2.05, 4.69) is 0 Å². The molecule has 1 amide bonds. The zero-order valence-electron chi connectivity index (χ0n) is 17.0. The molecule has 4 nitrogen and oxygen atoms in total. The third-order valence-electron chi connectivity index (χ3n) is 4.63. The smallest absolute Gasteiger partial charge is 0.270 e. The third kappa shape index (κ3) is 5.16. The number of carbonyl (C=O) groups is 1. The van der Waals surface area contributed by atoms with E-state index in [0.717, 1.165) is 28.3 Å². The maximum atomic E-state index is 13.0. The normalized spacial score (nSPS) is 14.9. The van der Waals surface area contributed by atoms with E-state index in [9.17, 15) is 4.79 Å². The molecule has 156 valence electrons. The van der Waals surface area contributed by atoms with Gasteiger partial charge in [-0.2, -0.15) is 0 Å². The van der Waals surface area contributed by atoms with Gasteiger partial charge in [-0.15, -0.1) is 0 Å². The molecule has 0 bridgehead atoms. The fraction of sp³-hybridized carbons (Fsp3) is 0.120. The predicted molar refractivity (Wildman–Crippen MR) is 130 cm³/mol. The highest BCUT2D eigenvalue weighted by Gasteiger charge is 2.33. The minimum Gasteiger partial charge on any atom is -0.494 e. The third-order valence-corrected chi connectivity index (χ3v) is 5.93. The zero-order valence-corrected chi connectivity index (χ0v) is 18.6. The molecule has 6 heteroatoms. The minimum absolute atomic E-state index is 0.122. The fourth-order valence-corrected chi connectivity index (χ4v) is 4.40. The molecule has 0 aromatic heterocycles. The summed E-state index contributed by atoms with van der Waals surface area (Å²) in [4.78, 5) is 15.1. The van der Waals surface area contributed by atoms with Gasteiger partial charge in [0.25, 0.3) is 5.91 Å². The number of nitrogens with zero attached hydrogens (tertiary/aromatic N) is 1. The quantitative estimate of drug-likeness (QED) is 0.325. The average molecular weight is 448 g/mol. The molecular weight excluding hydrogens is 426 g/mol. The molecule has 1 heterocycles. The van der Waals surface area contributed by atoms with Crippen LogP contribution in [0.3, 0.4) is 0 Å². The van der Waals surface area contributed by atoms with E-state index in [-0.39, 0.29) is 5.91 Å². The Hall–Kier alpha value is -3.09. The summed E-state index contributed by atoms with van der Waals surface area (Å²) in [5, 5.41) is 0. The zero-order chi connectivity index (χ0) is 21.6. The predicted octanol–water partition coefficient (Wildman–Crippen LogP) is 6.07. The van der Waals surface area contributed by atoms with Crippen molar-refractivity contribution >= 4 is 46.0 Å². The fourth-order valence-electron chi connectivity index (χ4n) is 3.10. The van der Waals surface area contributed by atoms with Crippen LogP contribution in [0.5, 0.6) is 11.5 Å². The second-order valence-corrected chi connectivity index (χ2v) is 8.46. The van der Waals surface area contributed by atoms with E-state index in [1.807, 2.05) is 91.9 Å².